The number of rotatable bonds is 4. The second kappa shape index (κ2) is 8.64. The number of hydrogen-bond donors (Lipinski definition) is 3. The number of amides is 2. The molecule has 32 heavy (non-hydrogen) atoms. The van der Waals surface area contributed by atoms with Gasteiger partial charge in [0.15, 0.2) is 5.69 Å². The summed E-state index contributed by atoms with van der Waals surface area (Å²) in [5, 5.41) is 11.9. The Morgan fingerprint density at radius 2 is 1.66 bits per heavy atom. The molecule has 0 aliphatic rings. The van der Waals surface area contributed by atoms with E-state index in [1.54, 1.807) is 48.9 Å². The molecule has 0 aliphatic carbocycles. The van der Waals surface area contributed by atoms with Crippen LogP contribution in [-0.2, 0) is 6.54 Å². The summed E-state index contributed by atoms with van der Waals surface area (Å²) in [6.45, 7) is 3.88. The number of nitrogens with one attached hydrogen (secondary N) is 3. The van der Waals surface area contributed by atoms with Crippen molar-refractivity contribution in [2.24, 2.45) is 0 Å². The summed E-state index contributed by atoms with van der Waals surface area (Å²) in [4.78, 5) is 37.3. The average Bonchev–Trinajstić information content (AvgIpc) is 3.06. The van der Waals surface area contributed by atoms with E-state index in [0.717, 1.165) is 5.56 Å². The van der Waals surface area contributed by atoms with E-state index in [1.165, 1.54) is 0 Å². The van der Waals surface area contributed by atoms with Crippen molar-refractivity contribution in [2.45, 2.75) is 20.4 Å². The molecule has 0 radical (unpaired) electrons. The Hall–Kier alpha value is -3.98. The molecular weight excluding hydrogens is 432 g/mol. The fraction of sp³-hybridized carbons (Fsp3) is 0.136. The molecule has 0 aliphatic heterocycles. The van der Waals surface area contributed by atoms with Crippen LogP contribution in [0.3, 0.4) is 0 Å². The Morgan fingerprint density at radius 3 is 2.41 bits per heavy atom. The predicted molar refractivity (Wildman–Crippen MR) is 120 cm³/mol. The van der Waals surface area contributed by atoms with Crippen molar-refractivity contribution >= 4 is 34.2 Å². The minimum atomic E-state index is -0.662. The van der Waals surface area contributed by atoms with Gasteiger partial charge in [0, 0.05) is 16.1 Å². The maximum atomic E-state index is 12.8. The highest BCUT2D eigenvalue weighted by Gasteiger charge is 2.21. The number of carbonyl (C=O) groups excluding carboxylic acids is 2. The Bertz CT molecular complexity index is 1410. The van der Waals surface area contributed by atoms with Crippen LogP contribution < -0.4 is 16.4 Å². The number of carbonyl (C=O) groups is 2. The maximum Gasteiger partial charge on any atom is 0.290 e. The first-order chi connectivity index (χ1) is 15.4. The molecule has 0 bridgehead atoms. The molecule has 2 heterocycles. The Kier molecular flexibility index (Phi) is 5.74. The van der Waals surface area contributed by atoms with Gasteiger partial charge in [-0.3, -0.25) is 29.9 Å². The molecule has 2 aromatic heterocycles. The van der Waals surface area contributed by atoms with E-state index in [2.05, 4.69) is 26.1 Å². The highest BCUT2D eigenvalue weighted by atomic mass is 35.5. The summed E-state index contributed by atoms with van der Waals surface area (Å²) >= 11 is 6.23. The molecule has 0 atom stereocenters. The van der Waals surface area contributed by atoms with Crippen molar-refractivity contribution < 1.29 is 9.59 Å². The summed E-state index contributed by atoms with van der Waals surface area (Å²) in [6.07, 6.45) is 0. The van der Waals surface area contributed by atoms with Gasteiger partial charge >= 0.3 is 0 Å². The SMILES string of the molecule is Cc1nn(Cc2ccccc2Cl)c(C)c1C(=O)NNC(=O)c1n[nH]c(=O)c2ccccc12. The Morgan fingerprint density at radius 1 is 1.00 bits per heavy atom. The monoisotopic (exact) mass is 450 g/mol. The Balaban J connectivity index is 1.52. The van der Waals surface area contributed by atoms with Crippen LogP contribution in [-0.4, -0.2) is 31.8 Å². The van der Waals surface area contributed by atoms with Crippen LogP contribution in [0.5, 0.6) is 0 Å². The number of nitrogens with zero attached hydrogens (tertiary/aromatic N) is 3. The van der Waals surface area contributed by atoms with Gasteiger partial charge in [0.2, 0.25) is 0 Å². The third kappa shape index (κ3) is 3.97. The van der Waals surface area contributed by atoms with Crippen molar-refractivity contribution in [3.05, 3.63) is 92.1 Å². The van der Waals surface area contributed by atoms with Crippen LogP contribution in [0.15, 0.2) is 53.3 Å². The summed E-state index contributed by atoms with van der Waals surface area (Å²) in [5.41, 5.74) is 6.68. The molecule has 0 unspecified atom stereocenters. The lowest BCUT2D eigenvalue weighted by molar-refractivity contribution is 0.0843. The zero-order chi connectivity index (χ0) is 22.8. The number of aryl methyl sites for hydroxylation is 1. The van der Waals surface area contributed by atoms with Gasteiger partial charge in [0.1, 0.15) is 0 Å². The normalized spacial score (nSPS) is 10.8. The Labute approximate surface area is 187 Å². The standard InChI is InChI=1S/C22H19ClN6O3/c1-12-18(13(2)29(28-12)11-14-7-3-6-10-17(14)23)21(31)26-27-22(32)19-15-8-4-5-9-16(15)20(30)25-24-19/h3-10H,11H2,1-2H3,(H,25,30)(H,26,31)(H,27,32). The average molecular weight is 451 g/mol. The number of aromatic nitrogens is 4. The number of hydrazine groups is 1. The molecular formula is C22H19ClN6O3. The van der Waals surface area contributed by atoms with Crippen LogP contribution in [0.2, 0.25) is 5.02 Å². The van der Waals surface area contributed by atoms with E-state index in [0.29, 0.717) is 39.3 Å². The van der Waals surface area contributed by atoms with Crippen LogP contribution in [0.1, 0.15) is 37.8 Å². The van der Waals surface area contributed by atoms with Crippen molar-refractivity contribution in [2.75, 3.05) is 0 Å². The van der Waals surface area contributed by atoms with Gasteiger partial charge < -0.3 is 0 Å². The minimum Gasteiger partial charge on any atom is -0.267 e. The smallest absolute Gasteiger partial charge is 0.267 e. The molecule has 0 spiro atoms. The van der Waals surface area contributed by atoms with E-state index in [9.17, 15) is 14.4 Å². The number of benzene rings is 2. The van der Waals surface area contributed by atoms with Gasteiger partial charge in [0.05, 0.1) is 23.2 Å². The number of H-pyrrole nitrogens is 1. The number of aromatic amines is 1. The van der Waals surface area contributed by atoms with Gasteiger partial charge in [-0.05, 0) is 31.5 Å². The zero-order valence-electron chi connectivity index (χ0n) is 17.3. The molecule has 4 aromatic rings. The number of fused-ring (bicyclic) bond motifs is 1. The highest BCUT2D eigenvalue weighted by molar-refractivity contribution is 6.31. The van der Waals surface area contributed by atoms with Crippen molar-refractivity contribution in [1.82, 2.24) is 30.8 Å². The van der Waals surface area contributed by atoms with E-state index in [4.69, 9.17) is 11.6 Å². The topological polar surface area (TPSA) is 122 Å². The first-order valence-corrected chi connectivity index (χ1v) is 10.1. The molecule has 9 nitrogen and oxygen atoms in total. The molecule has 2 amide bonds. The third-order valence-corrected chi connectivity index (χ3v) is 5.46. The van der Waals surface area contributed by atoms with Gasteiger partial charge in [0.25, 0.3) is 17.4 Å². The molecule has 0 fully saturated rings. The second-order valence-electron chi connectivity index (χ2n) is 7.15. The molecule has 4 rings (SSSR count). The van der Waals surface area contributed by atoms with E-state index in [1.807, 2.05) is 18.2 Å². The highest BCUT2D eigenvalue weighted by Crippen LogP contribution is 2.19. The largest absolute Gasteiger partial charge is 0.290 e. The lowest BCUT2D eigenvalue weighted by Crippen LogP contribution is -2.42. The number of halogens is 1. The number of hydrogen-bond acceptors (Lipinski definition) is 5. The van der Waals surface area contributed by atoms with Crippen LogP contribution in [0.4, 0.5) is 0 Å². The molecule has 0 saturated carbocycles. The van der Waals surface area contributed by atoms with Gasteiger partial charge in [-0.25, -0.2) is 5.10 Å². The molecule has 3 N–H and O–H groups in total. The fourth-order valence-corrected chi connectivity index (χ4v) is 3.69. The molecule has 0 saturated heterocycles. The third-order valence-electron chi connectivity index (χ3n) is 5.09. The van der Waals surface area contributed by atoms with E-state index >= 15 is 0 Å². The quantitative estimate of drug-likeness (QED) is 0.412. The van der Waals surface area contributed by atoms with Crippen molar-refractivity contribution in [3.63, 3.8) is 0 Å². The van der Waals surface area contributed by atoms with Gasteiger partial charge in [-0.15, -0.1) is 0 Å². The van der Waals surface area contributed by atoms with E-state index < -0.39 is 17.4 Å². The molecule has 162 valence electrons. The minimum absolute atomic E-state index is 0.0108. The van der Waals surface area contributed by atoms with Crippen LogP contribution >= 0.6 is 11.6 Å². The van der Waals surface area contributed by atoms with Crippen LogP contribution in [0.25, 0.3) is 10.8 Å². The lowest BCUT2D eigenvalue weighted by Gasteiger charge is -2.09. The summed E-state index contributed by atoms with van der Waals surface area (Å²) in [6, 6.07) is 14.0. The summed E-state index contributed by atoms with van der Waals surface area (Å²) < 4.78 is 1.68. The predicted octanol–water partition coefficient (Wildman–Crippen LogP) is 2.51. The summed E-state index contributed by atoms with van der Waals surface area (Å²) in [5.74, 6) is -1.18. The van der Waals surface area contributed by atoms with Crippen molar-refractivity contribution in [3.8, 4) is 0 Å². The lowest BCUT2D eigenvalue weighted by atomic mass is 10.1. The van der Waals surface area contributed by atoms with E-state index in [-0.39, 0.29) is 5.69 Å². The van der Waals surface area contributed by atoms with Gasteiger partial charge in [-0.1, -0.05) is 48.0 Å². The van der Waals surface area contributed by atoms with Crippen LogP contribution in [0, 0.1) is 13.8 Å². The first kappa shape index (κ1) is 21.3. The second-order valence-corrected chi connectivity index (χ2v) is 7.56. The summed E-state index contributed by atoms with van der Waals surface area (Å²) in [7, 11) is 0. The van der Waals surface area contributed by atoms with Gasteiger partial charge in [-0.2, -0.15) is 10.2 Å². The molecule has 2 aromatic carbocycles. The zero-order valence-corrected chi connectivity index (χ0v) is 18.0. The first-order valence-electron chi connectivity index (χ1n) is 9.72. The van der Waals surface area contributed by atoms with Crippen molar-refractivity contribution in [1.29, 1.82) is 0 Å². The maximum absolute atomic E-state index is 12.8. The fourth-order valence-electron chi connectivity index (χ4n) is 3.49. The molecule has 10 heteroatoms.